The normalized spacial score (nSPS) is 10.2. The van der Waals surface area contributed by atoms with Crippen molar-refractivity contribution in [2.75, 3.05) is 19.0 Å². The predicted molar refractivity (Wildman–Crippen MR) is 113 cm³/mol. The minimum absolute atomic E-state index is 0.0811. The number of anilines is 1. The molecule has 0 aliphatic carbocycles. The van der Waals surface area contributed by atoms with Crippen molar-refractivity contribution < 1.29 is 23.9 Å². The largest absolute Gasteiger partial charge is 0.497 e. The number of nitrogens with one attached hydrogen (secondary N) is 1. The lowest BCUT2D eigenvalue weighted by molar-refractivity contribution is -0.119. The van der Waals surface area contributed by atoms with Crippen LogP contribution in [0.5, 0.6) is 5.75 Å². The number of rotatable bonds is 7. The summed E-state index contributed by atoms with van der Waals surface area (Å²) >= 11 is 5.80. The Morgan fingerprint density at radius 3 is 2.13 bits per heavy atom. The van der Waals surface area contributed by atoms with Crippen LogP contribution in [0.2, 0.25) is 5.02 Å². The average Bonchev–Trinajstić information content (AvgIpc) is 2.78. The van der Waals surface area contributed by atoms with Crippen molar-refractivity contribution in [2.45, 2.75) is 0 Å². The molecule has 0 bridgehead atoms. The third-order valence-corrected chi connectivity index (χ3v) is 4.46. The van der Waals surface area contributed by atoms with Gasteiger partial charge in [0.2, 0.25) is 0 Å². The van der Waals surface area contributed by atoms with Gasteiger partial charge in [-0.15, -0.1) is 0 Å². The van der Waals surface area contributed by atoms with Crippen molar-refractivity contribution in [1.82, 2.24) is 0 Å². The molecule has 1 N–H and O–H groups in total. The SMILES string of the molecule is COc1ccc(C(=O)c2ccccc2C(=O)OCC(=O)Nc2ccc(Cl)cc2)cc1. The second kappa shape index (κ2) is 9.71. The van der Waals surface area contributed by atoms with Gasteiger partial charge in [-0.25, -0.2) is 4.79 Å². The van der Waals surface area contributed by atoms with Crippen LogP contribution >= 0.6 is 11.6 Å². The molecule has 1 amide bonds. The Morgan fingerprint density at radius 1 is 0.867 bits per heavy atom. The minimum atomic E-state index is -0.765. The highest BCUT2D eigenvalue weighted by Gasteiger charge is 2.20. The second-order valence-corrected chi connectivity index (χ2v) is 6.67. The number of carbonyl (C=O) groups is 3. The molecule has 0 unspecified atom stereocenters. The molecule has 0 spiro atoms. The molecular weight excluding hydrogens is 406 g/mol. The highest BCUT2D eigenvalue weighted by atomic mass is 35.5. The summed E-state index contributed by atoms with van der Waals surface area (Å²) in [6.45, 7) is -0.494. The first kappa shape index (κ1) is 21.1. The fourth-order valence-electron chi connectivity index (χ4n) is 2.70. The van der Waals surface area contributed by atoms with E-state index in [0.717, 1.165) is 0 Å². The molecular formula is C23H18ClNO5. The molecule has 0 atom stereocenters. The topological polar surface area (TPSA) is 81.7 Å². The van der Waals surface area contributed by atoms with E-state index >= 15 is 0 Å². The molecule has 0 aliphatic rings. The zero-order chi connectivity index (χ0) is 21.5. The number of halogens is 1. The first-order chi connectivity index (χ1) is 14.5. The standard InChI is InChI=1S/C23H18ClNO5/c1-29-18-12-6-15(7-13-18)22(27)19-4-2-3-5-20(19)23(28)30-14-21(26)25-17-10-8-16(24)9-11-17/h2-13H,14H2,1H3,(H,25,26). The van der Waals surface area contributed by atoms with Crippen LogP contribution in [-0.4, -0.2) is 31.4 Å². The summed E-state index contributed by atoms with van der Waals surface area (Å²) in [5, 5.41) is 3.14. The van der Waals surface area contributed by atoms with E-state index in [4.69, 9.17) is 21.1 Å². The summed E-state index contributed by atoms with van der Waals surface area (Å²) in [5.74, 6) is -0.995. The molecule has 0 heterocycles. The Balaban J connectivity index is 1.68. The molecule has 30 heavy (non-hydrogen) atoms. The highest BCUT2D eigenvalue weighted by Crippen LogP contribution is 2.19. The molecule has 3 rings (SSSR count). The monoisotopic (exact) mass is 423 g/mol. The number of esters is 1. The van der Waals surface area contributed by atoms with Crippen LogP contribution in [0.15, 0.2) is 72.8 Å². The van der Waals surface area contributed by atoms with Crippen molar-refractivity contribution in [3.63, 3.8) is 0 Å². The van der Waals surface area contributed by atoms with E-state index in [1.54, 1.807) is 60.7 Å². The molecule has 3 aromatic rings. The van der Waals surface area contributed by atoms with Gasteiger partial charge in [-0.1, -0.05) is 29.8 Å². The third-order valence-electron chi connectivity index (χ3n) is 4.21. The van der Waals surface area contributed by atoms with Gasteiger partial charge in [-0.2, -0.15) is 0 Å². The quantitative estimate of drug-likeness (QED) is 0.450. The summed E-state index contributed by atoms with van der Waals surface area (Å²) < 4.78 is 10.2. The molecule has 3 aromatic carbocycles. The lowest BCUT2D eigenvalue weighted by Crippen LogP contribution is -2.22. The maximum Gasteiger partial charge on any atom is 0.339 e. The van der Waals surface area contributed by atoms with E-state index in [0.29, 0.717) is 22.0 Å². The summed E-state index contributed by atoms with van der Waals surface area (Å²) in [6, 6.07) is 19.4. The number of methoxy groups -OCH3 is 1. The number of hydrogen-bond acceptors (Lipinski definition) is 5. The number of ketones is 1. The van der Waals surface area contributed by atoms with Gasteiger partial charge in [0, 0.05) is 21.8 Å². The predicted octanol–water partition coefficient (Wildman–Crippen LogP) is 4.38. The minimum Gasteiger partial charge on any atom is -0.497 e. The van der Waals surface area contributed by atoms with Crippen molar-refractivity contribution in [1.29, 1.82) is 0 Å². The number of hydrogen-bond donors (Lipinski definition) is 1. The molecule has 0 aliphatic heterocycles. The van der Waals surface area contributed by atoms with Crippen molar-refractivity contribution in [3.05, 3.63) is 94.5 Å². The smallest absolute Gasteiger partial charge is 0.339 e. The van der Waals surface area contributed by atoms with Gasteiger partial charge in [-0.05, 0) is 54.6 Å². The zero-order valence-corrected chi connectivity index (χ0v) is 16.8. The molecule has 0 radical (unpaired) electrons. The Hall–Kier alpha value is -3.64. The number of carbonyl (C=O) groups excluding carboxylic acids is 3. The fourth-order valence-corrected chi connectivity index (χ4v) is 2.82. The number of amides is 1. The average molecular weight is 424 g/mol. The van der Waals surface area contributed by atoms with Crippen LogP contribution in [0.4, 0.5) is 5.69 Å². The van der Waals surface area contributed by atoms with Gasteiger partial charge in [0.05, 0.1) is 12.7 Å². The van der Waals surface area contributed by atoms with E-state index in [1.807, 2.05) is 0 Å². The maximum atomic E-state index is 12.8. The maximum absolute atomic E-state index is 12.8. The molecule has 0 fully saturated rings. The van der Waals surface area contributed by atoms with Gasteiger partial charge in [-0.3, -0.25) is 9.59 Å². The summed E-state index contributed by atoms with van der Waals surface area (Å²) in [5.41, 5.74) is 1.19. The number of ether oxygens (including phenoxy) is 2. The molecule has 0 aromatic heterocycles. The van der Waals surface area contributed by atoms with E-state index in [9.17, 15) is 14.4 Å². The van der Waals surface area contributed by atoms with E-state index < -0.39 is 18.5 Å². The molecule has 0 saturated carbocycles. The Bertz CT molecular complexity index is 1060. The second-order valence-electron chi connectivity index (χ2n) is 6.23. The first-order valence-corrected chi connectivity index (χ1v) is 9.36. The van der Waals surface area contributed by atoms with Crippen molar-refractivity contribution >= 4 is 34.9 Å². The highest BCUT2D eigenvalue weighted by molar-refractivity contribution is 6.30. The number of benzene rings is 3. The van der Waals surface area contributed by atoms with Gasteiger partial charge in [0.15, 0.2) is 12.4 Å². The Labute approximate surface area is 178 Å². The van der Waals surface area contributed by atoms with E-state index in [-0.39, 0.29) is 16.9 Å². The van der Waals surface area contributed by atoms with Crippen molar-refractivity contribution in [3.8, 4) is 5.75 Å². The molecule has 6 nitrogen and oxygen atoms in total. The summed E-state index contributed by atoms with van der Waals surface area (Å²) in [7, 11) is 1.53. The van der Waals surface area contributed by atoms with Gasteiger partial charge < -0.3 is 14.8 Å². The first-order valence-electron chi connectivity index (χ1n) is 8.98. The van der Waals surface area contributed by atoms with Crippen LogP contribution < -0.4 is 10.1 Å². The van der Waals surface area contributed by atoms with Crippen LogP contribution in [-0.2, 0) is 9.53 Å². The summed E-state index contributed by atoms with van der Waals surface area (Å²) in [6.07, 6.45) is 0. The van der Waals surface area contributed by atoms with Crippen LogP contribution in [0.25, 0.3) is 0 Å². The van der Waals surface area contributed by atoms with Crippen LogP contribution in [0, 0.1) is 0 Å². The third kappa shape index (κ3) is 5.24. The van der Waals surface area contributed by atoms with E-state index in [1.165, 1.54) is 19.2 Å². The Morgan fingerprint density at radius 2 is 1.50 bits per heavy atom. The van der Waals surface area contributed by atoms with Gasteiger partial charge in [0.1, 0.15) is 5.75 Å². The fraction of sp³-hybridized carbons (Fsp3) is 0.0870. The molecule has 152 valence electrons. The zero-order valence-electron chi connectivity index (χ0n) is 16.1. The van der Waals surface area contributed by atoms with Crippen molar-refractivity contribution in [2.24, 2.45) is 0 Å². The molecule has 7 heteroatoms. The Kier molecular flexibility index (Phi) is 6.83. The van der Waals surface area contributed by atoms with Gasteiger partial charge in [0.25, 0.3) is 5.91 Å². The van der Waals surface area contributed by atoms with E-state index in [2.05, 4.69) is 5.32 Å². The van der Waals surface area contributed by atoms with Crippen LogP contribution in [0.3, 0.4) is 0 Å². The van der Waals surface area contributed by atoms with Gasteiger partial charge >= 0.3 is 5.97 Å². The molecule has 0 saturated heterocycles. The van der Waals surface area contributed by atoms with Crippen LogP contribution in [0.1, 0.15) is 26.3 Å². The summed E-state index contributed by atoms with van der Waals surface area (Å²) in [4.78, 5) is 37.4. The lowest BCUT2D eigenvalue weighted by atomic mass is 9.98. The lowest BCUT2D eigenvalue weighted by Gasteiger charge is -2.10.